The Morgan fingerprint density at radius 1 is 1.20 bits per heavy atom. The van der Waals surface area contributed by atoms with Crippen LogP contribution in [0.3, 0.4) is 0 Å². The predicted octanol–water partition coefficient (Wildman–Crippen LogP) is 1.73. The molecule has 0 aliphatic heterocycles. The van der Waals surface area contributed by atoms with Crippen LogP contribution in [0.2, 0.25) is 0 Å². The molecule has 0 radical (unpaired) electrons. The molecule has 2 aromatic rings. The fraction of sp³-hybridized carbons (Fsp3) is 0.308. The number of rotatable bonds is 3. The number of benzene rings is 1. The first-order valence-corrected chi connectivity index (χ1v) is 7.59. The van der Waals surface area contributed by atoms with Crippen LogP contribution in [0.5, 0.6) is 0 Å². The summed E-state index contributed by atoms with van der Waals surface area (Å²) in [4.78, 5) is 0.151. The number of aryl methyl sites for hydroxylation is 3. The Hall–Kier alpha value is -2.02. The maximum absolute atomic E-state index is 12.4. The molecule has 3 N–H and O–H groups in total. The molecular formula is C13H18N4O2S. The fourth-order valence-corrected chi connectivity index (χ4v) is 3.36. The molecule has 0 aliphatic rings. The Bertz CT molecular complexity index is 743. The number of nitrogen functional groups attached to an aromatic ring is 1. The van der Waals surface area contributed by atoms with Crippen LogP contribution in [-0.2, 0) is 17.1 Å². The van der Waals surface area contributed by atoms with Gasteiger partial charge in [-0.1, -0.05) is 0 Å². The van der Waals surface area contributed by atoms with Crippen molar-refractivity contribution in [1.29, 1.82) is 0 Å². The van der Waals surface area contributed by atoms with E-state index in [2.05, 4.69) is 9.82 Å². The molecule has 0 spiro atoms. The molecule has 20 heavy (non-hydrogen) atoms. The lowest BCUT2D eigenvalue weighted by Crippen LogP contribution is -2.14. The van der Waals surface area contributed by atoms with Crippen molar-refractivity contribution >= 4 is 21.4 Å². The summed E-state index contributed by atoms with van der Waals surface area (Å²) in [6.07, 6.45) is 0. The van der Waals surface area contributed by atoms with Crippen molar-refractivity contribution in [3.8, 4) is 0 Å². The van der Waals surface area contributed by atoms with E-state index in [4.69, 9.17) is 5.73 Å². The number of nitrogens with two attached hydrogens (primary N) is 1. The van der Waals surface area contributed by atoms with Gasteiger partial charge >= 0.3 is 0 Å². The second-order valence-corrected chi connectivity index (χ2v) is 6.54. The Kier molecular flexibility index (Phi) is 3.47. The first kappa shape index (κ1) is 14.4. The second kappa shape index (κ2) is 4.82. The average molecular weight is 294 g/mol. The van der Waals surface area contributed by atoms with E-state index in [0.717, 1.165) is 11.3 Å². The van der Waals surface area contributed by atoms with Crippen LogP contribution in [0.25, 0.3) is 0 Å². The molecule has 1 heterocycles. The van der Waals surface area contributed by atoms with Crippen LogP contribution in [-0.4, -0.2) is 18.2 Å². The van der Waals surface area contributed by atoms with Crippen molar-refractivity contribution in [2.75, 3.05) is 10.5 Å². The van der Waals surface area contributed by atoms with Gasteiger partial charge in [-0.2, -0.15) is 5.10 Å². The zero-order valence-electron chi connectivity index (χ0n) is 11.9. The highest BCUT2D eigenvalue weighted by Crippen LogP contribution is 2.24. The van der Waals surface area contributed by atoms with Gasteiger partial charge in [0.2, 0.25) is 0 Å². The van der Waals surface area contributed by atoms with E-state index < -0.39 is 10.0 Å². The molecule has 0 aliphatic carbocycles. The van der Waals surface area contributed by atoms with E-state index in [1.165, 1.54) is 6.07 Å². The normalized spacial score (nSPS) is 11.6. The van der Waals surface area contributed by atoms with Crippen LogP contribution in [0.4, 0.5) is 11.4 Å². The lowest BCUT2D eigenvalue weighted by atomic mass is 10.2. The second-order valence-electron chi connectivity index (χ2n) is 4.85. The summed E-state index contributed by atoms with van der Waals surface area (Å²) in [5.41, 5.74) is 8.82. The van der Waals surface area contributed by atoms with Crippen molar-refractivity contribution in [2.24, 2.45) is 7.05 Å². The summed E-state index contributed by atoms with van der Waals surface area (Å²) in [7, 11) is -1.90. The molecule has 0 saturated carbocycles. The molecule has 0 atom stereocenters. The Labute approximate surface area is 118 Å². The number of nitrogens with one attached hydrogen (secondary N) is 1. The highest BCUT2D eigenvalue weighted by Gasteiger charge is 2.19. The summed E-state index contributed by atoms with van der Waals surface area (Å²) in [6.45, 7) is 5.37. The average Bonchev–Trinajstić information content (AvgIpc) is 2.54. The lowest BCUT2D eigenvalue weighted by Gasteiger charge is -2.10. The molecular weight excluding hydrogens is 276 g/mol. The molecule has 2 rings (SSSR count). The van der Waals surface area contributed by atoms with E-state index in [1.807, 2.05) is 6.92 Å². The minimum absolute atomic E-state index is 0.151. The minimum atomic E-state index is -3.67. The lowest BCUT2D eigenvalue weighted by molar-refractivity contribution is 0.601. The third-order valence-corrected chi connectivity index (χ3v) is 4.46. The summed E-state index contributed by atoms with van der Waals surface area (Å²) in [5.74, 6) is 0. The number of hydrogen-bond donors (Lipinski definition) is 2. The van der Waals surface area contributed by atoms with Gasteiger partial charge in [0, 0.05) is 12.7 Å². The quantitative estimate of drug-likeness (QED) is 0.844. The number of nitrogens with zero attached hydrogens (tertiary/aromatic N) is 2. The van der Waals surface area contributed by atoms with Crippen LogP contribution in [0, 0.1) is 20.8 Å². The molecule has 1 aromatic heterocycles. The Balaban J connectivity index is 2.46. The summed E-state index contributed by atoms with van der Waals surface area (Å²) in [5, 5.41) is 4.19. The Morgan fingerprint density at radius 2 is 1.85 bits per heavy atom. The van der Waals surface area contributed by atoms with E-state index in [9.17, 15) is 8.42 Å². The molecule has 0 fully saturated rings. The molecule has 0 unspecified atom stereocenters. The maximum atomic E-state index is 12.4. The topological polar surface area (TPSA) is 90.0 Å². The van der Waals surface area contributed by atoms with E-state index >= 15 is 0 Å². The van der Waals surface area contributed by atoms with Crippen molar-refractivity contribution in [1.82, 2.24) is 9.78 Å². The molecule has 0 saturated heterocycles. The molecule has 0 amide bonds. The van der Waals surface area contributed by atoms with E-state index in [1.54, 1.807) is 37.7 Å². The highest BCUT2D eigenvalue weighted by molar-refractivity contribution is 7.92. The predicted molar refractivity (Wildman–Crippen MR) is 79.1 cm³/mol. The first-order valence-electron chi connectivity index (χ1n) is 6.11. The minimum Gasteiger partial charge on any atom is -0.399 e. The monoisotopic (exact) mass is 294 g/mol. The number of aromatic nitrogens is 2. The van der Waals surface area contributed by atoms with Gasteiger partial charge in [-0.05, 0) is 44.5 Å². The van der Waals surface area contributed by atoms with E-state index in [0.29, 0.717) is 17.1 Å². The summed E-state index contributed by atoms with van der Waals surface area (Å²) < 4.78 is 29.0. The van der Waals surface area contributed by atoms with Crippen LogP contribution in [0.1, 0.15) is 17.0 Å². The van der Waals surface area contributed by atoms with Gasteiger partial charge in [-0.25, -0.2) is 8.42 Å². The van der Waals surface area contributed by atoms with Crippen molar-refractivity contribution < 1.29 is 8.42 Å². The highest BCUT2D eigenvalue weighted by atomic mass is 32.2. The molecule has 6 nitrogen and oxygen atoms in total. The number of hydrogen-bond acceptors (Lipinski definition) is 4. The van der Waals surface area contributed by atoms with Gasteiger partial charge < -0.3 is 5.73 Å². The van der Waals surface area contributed by atoms with Crippen LogP contribution >= 0.6 is 0 Å². The van der Waals surface area contributed by atoms with Gasteiger partial charge in [0.25, 0.3) is 10.0 Å². The van der Waals surface area contributed by atoms with Crippen LogP contribution in [0.15, 0.2) is 23.1 Å². The molecule has 1 aromatic carbocycles. The summed E-state index contributed by atoms with van der Waals surface area (Å²) >= 11 is 0. The van der Waals surface area contributed by atoms with E-state index in [-0.39, 0.29) is 4.90 Å². The molecule has 7 heteroatoms. The number of sulfonamides is 1. The van der Waals surface area contributed by atoms with Crippen molar-refractivity contribution in [3.63, 3.8) is 0 Å². The van der Waals surface area contributed by atoms with Gasteiger partial charge in [0.05, 0.1) is 22.0 Å². The Morgan fingerprint density at radius 3 is 2.35 bits per heavy atom. The van der Waals surface area contributed by atoms with Gasteiger partial charge in [-0.3, -0.25) is 9.40 Å². The van der Waals surface area contributed by atoms with Crippen molar-refractivity contribution in [3.05, 3.63) is 35.2 Å². The standard InChI is InChI=1S/C13H18N4O2S/c1-8-5-11(14)7-12(6-8)20(18,19)16-13-9(2)15-17(4)10(13)3/h5-7,16H,14H2,1-4H3. The largest absolute Gasteiger partial charge is 0.399 e. The number of anilines is 2. The third kappa shape index (κ3) is 2.62. The molecule has 0 bridgehead atoms. The summed E-state index contributed by atoms with van der Waals surface area (Å²) in [6, 6.07) is 4.75. The van der Waals surface area contributed by atoms with Crippen LogP contribution < -0.4 is 10.5 Å². The first-order chi connectivity index (χ1) is 9.20. The zero-order chi connectivity index (χ0) is 15.1. The van der Waals surface area contributed by atoms with Gasteiger partial charge in [0.1, 0.15) is 0 Å². The van der Waals surface area contributed by atoms with Gasteiger partial charge in [-0.15, -0.1) is 0 Å². The van der Waals surface area contributed by atoms with Gasteiger partial charge in [0.15, 0.2) is 0 Å². The fourth-order valence-electron chi connectivity index (χ4n) is 2.05. The third-order valence-electron chi connectivity index (χ3n) is 3.13. The molecule has 108 valence electrons. The smallest absolute Gasteiger partial charge is 0.262 e. The maximum Gasteiger partial charge on any atom is 0.262 e. The van der Waals surface area contributed by atoms with Crippen molar-refractivity contribution in [2.45, 2.75) is 25.7 Å². The SMILES string of the molecule is Cc1cc(N)cc(S(=O)(=O)Nc2c(C)nn(C)c2C)c1. The zero-order valence-corrected chi connectivity index (χ0v) is 12.7.